The molecule has 1 saturated carbocycles. The monoisotopic (exact) mass is 515 g/mol. The lowest BCUT2D eigenvalue weighted by Crippen LogP contribution is -2.39. The van der Waals surface area contributed by atoms with Crippen LogP contribution in [0, 0.1) is 19.7 Å². The van der Waals surface area contributed by atoms with E-state index in [2.05, 4.69) is 15.0 Å². The number of fused-ring (bicyclic) bond motifs is 3. The molecule has 1 amide bonds. The summed E-state index contributed by atoms with van der Waals surface area (Å²) in [5.41, 5.74) is 4.29. The van der Waals surface area contributed by atoms with Crippen molar-refractivity contribution in [1.82, 2.24) is 24.4 Å². The molecule has 0 bridgehead atoms. The number of ether oxygens (including phenoxy) is 1. The lowest BCUT2D eigenvalue weighted by molar-refractivity contribution is 0.0724. The third-order valence-corrected chi connectivity index (χ3v) is 7.98. The third kappa shape index (κ3) is 4.55. The number of amides is 1. The Bertz CT molecular complexity index is 1300. The summed E-state index contributed by atoms with van der Waals surface area (Å²) in [5, 5.41) is 14.4. The molecule has 1 fully saturated rings. The Balaban J connectivity index is 1.32. The van der Waals surface area contributed by atoms with Crippen LogP contribution >= 0.6 is 11.6 Å². The summed E-state index contributed by atoms with van der Waals surface area (Å²) in [6.07, 6.45) is 3.39. The first kappa shape index (κ1) is 24.9. The lowest BCUT2D eigenvalue weighted by Gasteiger charge is -2.34. The largest absolute Gasteiger partial charge is 0.489 e. The van der Waals surface area contributed by atoms with E-state index in [1.165, 1.54) is 18.2 Å². The molecule has 0 saturated heterocycles. The van der Waals surface area contributed by atoms with Crippen molar-refractivity contribution in [3.05, 3.63) is 57.2 Å². The Hall–Kier alpha value is -2.75. The first-order chi connectivity index (χ1) is 17.3. The summed E-state index contributed by atoms with van der Waals surface area (Å²) in [4.78, 5) is 22.0. The number of hydrogen-bond donors (Lipinski definition) is 1. The maximum absolute atomic E-state index is 14.2. The highest BCUT2D eigenvalue weighted by molar-refractivity contribution is 6.31. The predicted molar refractivity (Wildman–Crippen MR) is 134 cm³/mol. The molecule has 0 spiro atoms. The lowest BCUT2D eigenvalue weighted by atomic mass is 9.92. The molecule has 0 unspecified atom stereocenters. The molecule has 3 heterocycles. The minimum Gasteiger partial charge on any atom is -0.489 e. The number of hydrogen-bond acceptors (Lipinski definition) is 6. The van der Waals surface area contributed by atoms with Gasteiger partial charge >= 0.3 is 0 Å². The minimum absolute atomic E-state index is 0.0861. The Morgan fingerprint density at radius 1 is 1.25 bits per heavy atom. The summed E-state index contributed by atoms with van der Waals surface area (Å²) in [5.74, 6) is -0.380. The van der Waals surface area contributed by atoms with Crippen molar-refractivity contribution in [2.45, 2.75) is 64.8 Å². The number of rotatable bonds is 6. The molecule has 192 valence electrons. The SMILES string of the molecule is Cc1nc2c3c(nn2c(C)c1Cl)CN(C(=O)c1ccc(F)cc1O[C@H]1CC[C@@H](N(C)CCO)CC1)C3. The molecule has 2 aliphatic rings. The van der Waals surface area contributed by atoms with Crippen molar-refractivity contribution in [3.63, 3.8) is 0 Å². The number of aliphatic hydroxyl groups excluding tert-OH is 1. The first-order valence-electron chi connectivity index (χ1n) is 12.4. The predicted octanol–water partition coefficient (Wildman–Crippen LogP) is 3.91. The quantitative estimate of drug-likeness (QED) is 0.536. The van der Waals surface area contributed by atoms with Gasteiger partial charge in [0.05, 0.1) is 53.5 Å². The second-order valence-corrected chi connectivity index (χ2v) is 10.2. The Morgan fingerprint density at radius 2 is 2.00 bits per heavy atom. The molecule has 2 aromatic heterocycles. The van der Waals surface area contributed by atoms with Crippen LogP contribution < -0.4 is 4.74 Å². The number of halogens is 2. The molecular weight excluding hydrogens is 485 g/mol. The number of nitrogens with zero attached hydrogens (tertiary/aromatic N) is 5. The van der Waals surface area contributed by atoms with Gasteiger partial charge in [-0.15, -0.1) is 0 Å². The van der Waals surface area contributed by atoms with Crippen LogP contribution in [0.25, 0.3) is 5.65 Å². The topological polar surface area (TPSA) is 83.2 Å². The van der Waals surface area contributed by atoms with Crippen LogP contribution in [0.3, 0.4) is 0 Å². The van der Waals surface area contributed by atoms with Gasteiger partial charge in [0.1, 0.15) is 11.6 Å². The van der Waals surface area contributed by atoms with E-state index in [0.717, 1.165) is 48.3 Å². The van der Waals surface area contributed by atoms with E-state index in [4.69, 9.17) is 16.3 Å². The van der Waals surface area contributed by atoms with E-state index in [1.54, 1.807) is 9.42 Å². The fourth-order valence-electron chi connectivity index (χ4n) is 5.32. The smallest absolute Gasteiger partial charge is 0.258 e. The van der Waals surface area contributed by atoms with Crippen molar-refractivity contribution in [2.75, 3.05) is 20.2 Å². The maximum Gasteiger partial charge on any atom is 0.258 e. The van der Waals surface area contributed by atoms with Gasteiger partial charge in [0.2, 0.25) is 0 Å². The highest BCUT2D eigenvalue weighted by Crippen LogP contribution is 2.33. The molecule has 36 heavy (non-hydrogen) atoms. The van der Waals surface area contributed by atoms with E-state index in [-0.39, 0.29) is 24.4 Å². The van der Waals surface area contributed by atoms with Crippen molar-refractivity contribution >= 4 is 23.2 Å². The Kier molecular flexibility index (Phi) is 6.89. The number of aliphatic hydroxyl groups is 1. The zero-order valence-corrected chi connectivity index (χ0v) is 21.6. The molecule has 0 radical (unpaired) electrons. The second-order valence-electron chi connectivity index (χ2n) is 9.81. The van der Waals surface area contributed by atoms with E-state index in [0.29, 0.717) is 41.9 Å². The van der Waals surface area contributed by atoms with Crippen LogP contribution in [-0.4, -0.2) is 67.8 Å². The molecular formula is C26H31ClFN5O3. The number of carbonyl (C=O) groups is 1. The van der Waals surface area contributed by atoms with Gasteiger partial charge in [0, 0.05) is 24.2 Å². The van der Waals surface area contributed by atoms with Gasteiger partial charge in [-0.2, -0.15) is 5.10 Å². The normalized spacial score (nSPS) is 19.8. The summed E-state index contributed by atoms with van der Waals surface area (Å²) in [7, 11) is 2.02. The molecule has 5 rings (SSSR count). The number of benzene rings is 1. The fourth-order valence-corrected chi connectivity index (χ4v) is 5.44. The highest BCUT2D eigenvalue weighted by Gasteiger charge is 2.32. The summed E-state index contributed by atoms with van der Waals surface area (Å²) >= 11 is 6.34. The summed E-state index contributed by atoms with van der Waals surface area (Å²) in [6.45, 7) is 5.24. The van der Waals surface area contributed by atoms with Gasteiger partial charge in [-0.25, -0.2) is 13.9 Å². The van der Waals surface area contributed by atoms with Crippen LogP contribution in [-0.2, 0) is 13.1 Å². The molecule has 1 aliphatic heterocycles. The molecule has 3 aromatic rings. The standard InChI is InChI=1S/C26H31ClFN5O3/c1-15-24(27)16(2)33-25(29-15)21-13-32(14-22(21)30-33)26(35)20-9-4-17(28)12-23(20)36-19-7-5-18(6-8-19)31(3)10-11-34/h4,9,12,18-19,34H,5-8,10-11,13-14H2,1-3H3/t18-,19+. The van der Waals surface area contributed by atoms with Crippen molar-refractivity contribution in [2.24, 2.45) is 0 Å². The van der Waals surface area contributed by atoms with E-state index >= 15 is 0 Å². The Labute approximate surface area is 214 Å². The first-order valence-corrected chi connectivity index (χ1v) is 12.7. The van der Waals surface area contributed by atoms with Crippen LogP contribution in [0.5, 0.6) is 5.75 Å². The maximum atomic E-state index is 14.2. The highest BCUT2D eigenvalue weighted by atomic mass is 35.5. The molecule has 10 heteroatoms. The van der Waals surface area contributed by atoms with Crippen LogP contribution in [0.1, 0.15) is 58.7 Å². The number of likely N-dealkylation sites (N-methyl/N-ethyl adjacent to an activating group) is 1. The number of carbonyl (C=O) groups excluding carboxylic acids is 1. The van der Waals surface area contributed by atoms with E-state index in [1.807, 2.05) is 20.9 Å². The zero-order valence-electron chi connectivity index (χ0n) is 20.8. The average molecular weight is 516 g/mol. The average Bonchev–Trinajstić information content (AvgIpc) is 3.42. The molecule has 8 nitrogen and oxygen atoms in total. The van der Waals surface area contributed by atoms with E-state index in [9.17, 15) is 14.3 Å². The molecule has 0 atom stereocenters. The fraction of sp³-hybridized carbons (Fsp3) is 0.500. The van der Waals surface area contributed by atoms with E-state index < -0.39 is 5.82 Å². The van der Waals surface area contributed by atoms with Crippen molar-refractivity contribution in [3.8, 4) is 5.75 Å². The number of aryl methyl sites for hydroxylation is 2. The van der Waals surface area contributed by atoms with Crippen molar-refractivity contribution in [1.29, 1.82) is 0 Å². The van der Waals surface area contributed by atoms with Gasteiger partial charge < -0.3 is 19.6 Å². The van der Waals surface area contributed by atoms with Gasteiger partial charge in [0.25, 0.3) is 5.91 Å². The van der Waals surface area contributed by atoms with Gasteiger partial charge in [-0.3, -0.25) is 4.79 Å². The van der Waals surface area contributed by atoms with Gasteiger partial charge in [0.15, 0.2) is 5.65 Å². The third-order valence-electron chi connectivity index (χ3n) is 7.43. The molecule has 1 aromatic carbocycles. The van der Waals surface area contributed by atoms with Gasteiger partial charge in [-0.05, 0) is 58.7 Å². The minimum atomic E-state index is -0.438. The van der Waals surface area contributed by atoms with Crippen molar-refractivity contribution < 1.29 is 19.0 Å². The van der Waals surface area contributed by atoms with Crippen LogP contribution in [0.4, 0.5) is 4.39 Å². The van der Waals surface area contributed by atoms with Gasteiger partial charge in [-0.1, -0.05) is 11.6 Å². The molecule has 1 N–H and O–H groups in total. The molecule has 1 aliphatic carbocycles. The Morgan fingerprint density at radius 3 is 2.72 bits per heavy atom. The summed E-state index contributed by atoms with van der Waals surface area (Å²) in [6, 6.07) is 4.50. The van der Waals surface area contributed by atoms with Crippen LogP contribution in [0.2, 0.25) is 5.02 Å². The summed E-state index contributed by atoms with van der Waals surface area (Å²) < 4.78 is 22.1. The number of aromatic nitrogens is 3. The zero-order chi connectivity index (χ0) is 25.6. The second kappa shape index (κ2) is 9.95. The van der Waals surface area contributed by atoms with Crippen LogP contribution in [0.15, 0.2) is 18.2 Å².